The lowest BCUT2D eigenvalue weighted by Crippen LogP contribution is -2.32. The molecule has 3 aromatic rings. The second-order valence-electron chi connectivity index (χ2n) is 5.83. The molecule has 5 heteroatoms. The first-order valence-electron chi connectivity index (χ1n) is 8.13. The maximum atomic E-state index is 5.77. The summed E-state index contributed by atoms with van der Waals surface area (Å²) in [6, 6.07) is 12.3. The molecule has 0 aliphatic carbocycles. The van der Waals surface area contributed by atoms with Crippen LogP contribution in [-0.4, -0.2) is 42.6 Å². The van der Waals surface area contributed by atoms with Gasteiger partial charge in [0, 0.05) is 23.3 Å². The fraction of sp³-hybridized carbons (Fsp3) is 0.316. The molecule has 0 N–H and O–H groups in total. The molecule has 2 aromatic carbocycles. The third-order valence-electron chi connectivity index (χ3n) is 4.35. The first-order chi connectivity index (χ1) is 11.9. The molecule has 1 aliphatic rings. The minimum Gasteiger partial charge on any atom is -0.496 e. The van der Waals surface area contributed by atoms with Crippen LogP contribution in [0.2, 0.25) is 0 Å². The van der Waals surface area contributed by atoms with E-state index in [0.29, 0.717) is 19.8 Å². The maximum absolute atomic E-state index is 5.77. The Morgan fingerprint density at radius 1 is 1.17 bits per heavy atom. The Bertz CT molecular complexity index is 837. The van der Waals surface area contributed by atoms with Crippen molar-refractivity contribution in [3.8, 4) is 17.1 Å². The minimum atomic E-state index is 0.0659. The van der Waals surface area contributed by atoms with E-state index in [2.05, 4.69) is 27.8 Å². The topological polar surface area (TPSA) is 45.5 Å². The van der Waals surface area contributed by atoms with Gasteiger partial charge in [-0.05, 0) is 17.5 Å². The van der Waals surface area contributed by atoms with Crippen molar-refractivity contribution < 1.29 is 14.2 Å². The van der Waals surface area contributed by atoms with Gasteiger partial charge in [0.25, 0.3) is 0 Å². The van der Waals surface area contributed by atoms with Crippen molar-refractivity contribution in [2.45, 2.75) is 12.6 Å². The molecule has 1 atom stereocenters. The number of rotatable bonds is 4. The molecule has 0 amide bonds. The summed E-state index contributed by atoms with van der Waals surface area (Å²) in [4.78, 5) is 4.58. The second-order valence-corrected chi connectivity index (χ2v) is 5.83. The number of hydrogen-bond donors (Lipinski definition) is 0. The van der Waals surface area contributed by atoms with Gasteiger partial charge in [0.1, 0.15) is 11.6 Å². The van der Waals surface area contributed by atoms with E-state index in [-0.39, 0.29) is 6.10 Å². The average Bonchev–Trinajstić information content (AvgIpc) is 3.09. The van der Waals surface area contributed by atoms with Crippen LogP contribution >= 0.6 is 0 Å². The van der Waals surface area contributed by atoms with Gasteiger partial charge in [-0.1, -0.05) is 24.3 Å². The van der Waals surface area contributed by atoms with Crippen LogP contribution in [0, 0.1) is 0 Å². The molecule has 0 unspecified atom stereocenters. The van der Waals surface area contributed by atoms with Crippen LogP contribution in [0.5, 0.6) is 5.75 Å². The lowest BCUT2D eigenvalue weighted by atomic mass is 10.0. The summed E-state index contributed by atoms with van der Waals surface area (Å²) in [5.74, 6) is 1.81. The molecule has 5 nitrogen and oxygen atoms in total. The highest BCUT2D eigenvalue weighted by molar-refractivity contribution is 5.98. The standard InChI is InChI=1S/C19H20N2O3/c1-22-18-7-6-17(15-4-2-3-5-16(15)18)19-20-8-9-21(19)12-14-13-23-10-11-24-14/h2-9,14H,10-13H2,1H3/t14-/m0/s1. The summed E-state index contributed by atoms with van der Waals surface area (Å²) in [5.41, 5.74) is 1.09. The van der Waals surface area contributed by atoms with Gasteiger partial charge >= 0.3 is 0 Å². The van der Waals surface area contributed by atoms with Gasteiger partial charge in [-0.15, -0.1) is 0 Å². The minimum absolute atomic E-state index is 0.0659. The first kappa shape index (κ1) is 15.2. The highest BCUT2D eigenvalue weighted by atomic mass is 16.6. The van der Waals surface area contributed by atoms with Gasteiger partial charge in [0.15, 0.2) is 0 Å². The van der Waals surface area contributed by atoms with Crippen LogP contribution in [0.3, 0.4) is 0 Å². The number of hydrogen-bond acceptors (Lipinski definition) is 4. The third-order valence-corrected chi connectivity index (χ3v) is 4.35. The molecule has 1 saturated heterocycles. The Hall–Kier alpha value is -2.37. The fourth-order valence-corrected chi connectivity index (χ4v) is 3.21. The van der Waals surface area contributed by atoms with E-state index in [0.717, 1.165) is 34.5 Å². The third kappa shape index (κ3) is 2.77. The van der Waals surface area contributed by atoms with Crippen molar-refractivity contribution in [3.63, 3.8) is 0 Å². The average molecular weight is 324 g/mol. The lowest BCUT2D eigenvalue weighted by Gasteiger charge is -2.24. The Kier molecular flexibility index (Phi) is 4.19. The molecule has 1 aromatic heterocycles. The summed E-state index contributed by atoms with van der Waals surface area (Å²) < 4.78 is 18.9. The number of aromatic nitrogens is 2. The lowest BCUT2D eigenvalue weighted by molar-refractivity contribution is -0.0934. The molecule has 124 valence electrons. The summed E-state index contributed by atoms with van der Waals surface area (Å²) in [6.07, 6.45) is 3.89. The van der Waals surface area contributed by atoms with E-state index >= 15 is 0 Å². The zero-order valence-electron chi connectivity index (χ0n) is 13.6. The van der Waals surface area contributed by atoms with E-state index < -0.39 is 0 Å². The van der Waals surface area contributed by atoms with Crippen LogP contribution in [-0.2, 0) is 16.0 Å². The number of benzene rings is 2. The smallest absolute Gasteiger partial charge is 0.140 e. The highest BCUT2D eigenvalue weighted by Gasteiger charge is 2.18. The fourth-order valence-electron chi connectivity index (χ4n) is 3.21. The van der Waals surface area contributed by atoms with Crippen LogP contribution < -0.4 is 4.74 Å². The predicted molar refractivity (Wildman–Crippen MR) is 92.3 cm³/mol. The number of imidazole rings is 1. The molecule has 2 heterocycles. The van der Waals surface area contributed by atoms with Gasteiger partial charge in [0.05, 0.1) is 39.6 Å². The molecule has 0 bridgehead atoms. The summed E-state index contributed by atoms with van der Waals surface area (Å²) in [5, 5.41) is 2.22. The van der Waals surface area contributed by atoms with Crippen LogP contribution in [0.4, 0.5) is 0 Å². The Morgan fingerprint density at radius 2 is 2.04 bits per heavy atom. The summed E-state index contributed by atoms with van der Waals surface area (Å²) in [6.45, 7) is 2.69. The van der Waals surface area contributed by atoms with E-state index in [1.165, 1.54) is 0 Å². The van der Waals surface area contributed by atoms with Crippen molar-refractivity contribution in [1.29, 1.82) is 0 Å². The monoisotopic (exact) mass is 324 g/mol. The molecule has 4 rings (SSSR count). The summed E-state index contributed by atoms with van der Waals surface area (Å²) >= 11 is 0. The van der Waals surface area contributed by atoms with Gasteiger partial charge in [-0.2, -0.15) is 0 Å². The highest BCUT2D eigenvalue weighted by Crippen LogP contribution is 2.33. The number of methoxy groups -OCH3 is 1. The number of nitrogens with zero attached hydrogens (tertiary/aromatic N) is 2. The molecular formula is C19H20N2O3. The SMILES string of the molecule is COc1ccc(-c2nccn2C[C@H]2COCCO2)c2ccccc12. The quantitative estimate of drug-likeness (QED) is 0.740. The summed E-state index contributed by atoms with van der Waals surface area (Å²) in [7, 11) is 1.70. The predicted octanol–water partition coefficient (Wildman–Crippen LogP) is 3.13. The van der Waals surface area contributed by atoms with Crippen molar-refractivity contribution >= 4 is 10.8 Å². The van der Waals surface area contributed by atoms with Gasteiger partial charge in [-0.3, -0.25) is 0 Å². The number of ether oxygens (including phenoxy) is 3. The Labute approximate surface area is 140 Å². The normalized spacial score (nSPS) is 18.0. The second kappa shape index (κ2) is 6.63. The largest absolute Gasteiger partial charge is 0.496 e. The molecule has 24 heavy (non-hydrogen) atoms. The number of fused-ring (bicyclic) bond motifs is 1. The van der Waals surface area contributed by atoms with E-state index in [9.17, 15) is 0 Å². The van der Waals surface area contributed by atoms with Gasteiger partial charge in [-0.25, -0.2) is 4.98 Å². The van der Waals surface area contributed by atoms with Gasteiger partial charge in [0.2, 0.25) is 0 Å². The molecule has 1 fully saturated rings. The Morgan fingerprint density at radius 3 is 2.83 bits per heavy atom. The molecular weight excluding hydrogens is 304 g/mol. The van der Waals surface area contributed by atoms with E-state index in [1.807, 2.05) is 30.6 Å². The molecule has 0 saturated carbocycles. The zero-order chi connectivity index (χ0) is 16.4. The van der Waals surface area contributed by atoms with Gasteiger partial charge < -0.3 is 18.8 Å². The van der Waals surface area contributed by atoms with Crippen molar-refractivity contribution in [2.75, 3.05) is 26.9 Å². The van der Waals surface area contributed by atoms with E-state index in [1.54, 1.807) is 7.11 Å². The first-order valence-corrected chi connectivity index (χ1v) is 8.13. The van der Waals surface area contributed by atoms with Crippen LogP contribution in [0.15, 0.2) is 48.8 Å². The van der Waals surface area contributed by atoms with E-state index in [4.69, 9.17) is 14.2 Å². The van der Waals surface area contributed by atoms with Crippen molar-refractivity contribution in [3.05, 3.63) is 48.8 Å². The molecule has 0 spiro atoms. The molecule has 1 aliphatic heterocycles. The molecule has 0 radical (unpaired) electrons. The van der Waals surface area contributed by atoms with Crippen molar-refractivity contribution in [2.24, 2.45) is 0 Å². The zero-order valence-corrected chi connectivity index (χ0v) is 13.6. The maximum Gasteiger partial charge on any atom is 0.140 e. The Balaban J connectivity index is 1.75. The van der Waals surface area contributed by atoms with Crippen LogP contribution in [0.1, 0.15) is 0 Å². The van der Waals surface area contributed by atoms with Crippen LogP contribution in [0.25, 0.3) is 22.2 Å². The van der Waals surface area contributed by atoms with Crippen molar-refractivity contribution in [1.82, 2.24) is 9.55 Å².